The molecule has 0 heterocycles. The summed E-state index contributed by atoms with van der Waals surface area (Å²) in [6, 6.07) is 6.60. The van der Waals surface area contributed by atoms with Crippen molar-refractivity contribution in [1.82, 2.24) is 10.0 Å². The van der Waals surface area contributed by atoms with Gasteiger partial charge >= 0.3 is 0 Å². The van der Waals surface area contributed by atoms with Gasteiger partial charge in [0.1, 0.15) is 17.3 Å². The molecule has 0 fully saturated rings. The molecule has 122 valence electrons. The minimum absolute atomic E-state index is 0. The number of nitrogens with one attached hydrogen (secondary N) is 2. The molecule has 21 heavy (non-hydrogen) atoms. The summed E-state index contributed by atoms with van der Waals surface area (Å²) in [5, 5.41) is 2.97. The zero-order chi connectivity index (χ0) is 15.0. The summed E-state index contributed by atoms with van der Waals surface area (Å²) in [5.74, 6) is 0.328. The van der Waals surface area contributed by atoms with Crippen LogP contribution in [0.5, 0.6) is 5.75 Å². The van der Waals surface area contributed by atoms with Crippen LogP contribution >= 0.6 is 12.4 Å². The first-order valence-corrected chi connectivity index (χ1v) is 7.87. The van der Waals surface area contributed by atoms with Gasteiger partial charge in [0.15, 0.2) is 0 Å². The third-order valence-corrected chi connectivity index (χ3v) is 4.22. The summed E-state index contributed by atoms with van der Waals surface area (Å²) in [4.78, 5) is 0.138. The fourth-order valence-corrected chi connectivity index (χ4v) is 2.72. The zero-order valence-corrected chi connectivity index (χ0v) is 14.1. The van der Waals surface area contributed by atoms with Crippen LogP contribution in [0.15, 0.2) is 29.2 Å². The van der Waals surface area contributed by atoms with E-state index >= 15 is 0 Å². The molecule has 0 bridgehead atoms. The molecule has 2 N–H and O–H groups in total. The first-order valence-electron chi connectivity index (χ1n) is 6.39. The van der Waals surface area contributed by atoms with Gasteiger partial charge in [-0.15, -0.1) is 12.4 Å². The van der Waals surface area contributed by atoms with Gasteiger partial charge in [-0.2, -0.15) is 0 Å². The van der Waals surface area contributed by atoms with Crippen LogP contribution in [0.4, 0.5) is 0 Å². The third kappa shape index (κ3) is 6.62. The molecule has 1 aromatic rings. The van der Waals surface area contributed by atoms with E-state index in [1.54, 1.807) is 32.4 Å². The highest BCUT2D eigenvalue weighted by atomic mass is 35.5. The molecule has 0 saturated heterocycles. The van der Waals surface area contributed by atoms with Gasteiger partial charge in [0.05, 0.1) is 6.61 Å². The van der Waals surface area contributed by atoms with E-state index in [1.807, 2.05) is 6.92 Å². The molecule has 0 aliphatic heterocycles. The van der Waals surface area contributed by atoms with Crippen molar-refractivity contribution in [3.8, 4) is 5.75 Å². The Kier molecular flexibility index (Phi) is 9.56. The monoisotopic (exact) mass is 338 g/mol. The standard InChI is InChI=1S/C13H22N2O4S.ClH/c1-11(14-2)10-15-20(16,17)13-7-5-4-6-12(13)19-9-8-18-3;/h4-7,11,14-15H,8-10H2,1-3H3;1H. The lowest BCUT2D eigenvalue weighted by Gasteiger charge is -2.14. The Balaban J connectivity index is 0.00000400. The van der Waals surface area contributed by atoms with E-state index in [2.05, 4.69) is 10.0 Å². The zero-order valence-electron chi connectivity index (χ0n) is 12.5. The van der Waals surface area contributed by atoms with Gasteiger partial charge in [0.2, 0.25) is 10.0 Å². The summed E-state index contributed by atoms with van der Waals surface area (Å²) in [7, 11) is -0.248. The first kappa shape index (κ1) is 20.1. The van der Waals surface area contributed by atoms with Crippen LogP contribution in [0.1, 0.15) is 6.92 Å². The number of likely N-dealkylation sites (N-methyl/N-ethyl adjacent to an activating group) is 1. The molecular formula is C13H23ClN2O4S. The first-order chi connectivity index (χ1) is 9.51. The number of methoxy groups -OCH3 is 1. The Morgan fingerprint density at radius 2 is 1.90 bits per heavy atom. The van der Waals surface area contributed by atoms with Gasteiger partial charge in [-0.3, -0.25) is 0 Å². The van der Waals surface area contributed by atoms with Gasteiger partial charge in [-0.1, -0.05) is 12.1 Å². The quantitative estimate of drug-likeness (QED) is 0.657. The van der Waals surface area contributed by atoms with E-state index in [1.165, 1.54) is 6.07 Å². The number of hydrogen-bond donors (Lipinski definition) is 2. The molecule has 0 aromatic heterocycles. The summed E-state index contributed by atoms with van der Waals surface area (Å²) in [6.07, 6.45) is 0. The van der Waals surface area contributed by atoms with E-state index < -0.39 is 10.0 Å². The van der Waals surface area contributed by atoms with Gasteiger partial charge in [0, 0.05) is 19.7 Å². The van der Waals surface area contributed by atoms with Crippen LogP contribution in [0.25, 0.3) is 0 Å². The van der Waals surface area contributed by atoms with E-state index in [4.69, 9.17) is 9.47 Å². The fraction of sp³-hybridized carbons (Fsp3) is 0.538. The number of halogens is 1. The molecule has 1 atom stereocenters. The Labute approximate surface area is 132 Å². The molecule has 1 rings (SSSR count). The highest BCUT2D eigenvalue weighted by molar-refractivity contribution is 7.89. The Bertz CT molecular complexity index is 511. The van der Waals surface area contributed by atoms with E-state index in [-0.39, 0.29) is 23.3 Å². The molecule has 0 amide bonds. The van der Waals surface area contributed by atoms with Crippen LogP contribution < -0.4 is 14.8 Å². The molecule has 0 aliphatic rings. The van der Waals surface area contributed by atoms with E-state index in [9.17, 15) is 8.42 Å². The third-order valence-electron chi connectivity index (χ3n) is 2.76. The topological polar surface area (TPSA) is 76.7 Å². The molecular weight excluding hydrogens is 316 g/mol. The Morgan fingerprint density at radius 1 is 1.24 bits per heavy atom. The molecule has 6 nitrogen and oxygen atoms in total. The number of benzene rings is 1. The Hall–Kier alpha value is -0.860. The predicted molar refractivity (Wildman–Crippen MR) is 84.8 cm³/mol. The number of para-hydroxylation sites is 1. The van der Waals surface area contributed by atoms with Crippen molar-refractivity contribution in [2.24, 2.45) is 0 Å². The molecule has 1 unspecified atom stereocenters. The highest BCUT2D eigenvalue weighted by Crippen LogP contribution is 2.22. The van der Waals surface area contributed by atoms with Crippen LogP contribution in [0, 0.1) is 0 Å². The number of ether oxygens (including phenoxy) is 2. The maximum atomic E-state index is 12.3. The van der Waals surface area contributed by atoms with Gasteiger partial charge in [-0.05, 0) is 26.1 Å². The van der Waals surface area contributed by atoms with Crippen LogP contribution in [0.2, 0.25) is 0 Å². The molecule has 0 saturated carbocycles. The molecule has 0 spiro atoms. The molecule has 0 radical (unpaired) electrons. The number of hydrogen-bond acceptors (Lipinski definition) is 5. The normalized spacial score (nSPS) is 12.5. The highest BCUT2D eigenvalue weighted by Gasteiger charge is 2.19. The summed E-state index contributed by atoms with van der Waals surface area (Å²) in [6.45, 7) is 2.91. The van der Waals surface area contributed by atoms with Crippen molar-refractivity contribution in [2.45, 2.75) is 17.9 Å². The van der Waals surface area contributed by atoms with Crippen LogP contribution in [0.3, 0.4) is 0 Å². The lowest BCUT2D eigenvalue weighted by atomic mass is 10.3. The molecule has 0 aliphatic carbocycles. The van der Waals surface area contributed by atoms with Crippen molar-refractivity contribution in [1.29, 1.82) is 0 Å². The second kappa shape index (κ2) is 9.97. The molecule has 1 aromatic carbocycles. The summed E-state index contributed by atoms with van der Waals surface area (Å²) >= 11 is 0. The fourth-order valence-electron chi connectivity index (χ4n) is 1.44. The maximum absolute atomic E-state index is 12.3. The van der Waals surface area contributed by atoms with Crippen molar-refractivity contribution >= 4 is 22.4 Å². The minimum atomic E-state index is -3.59. The average Bonchev–Trinajstić information content (AvgIpc) is 2.45. The number of sulfonamides is 1. The largest absolute Gasteiger partial charge is 0.490 e. The average molecular weight is 339 g/mol. The minimum Gasteiger partial charge on any atom is -0.490 e. The van der Waals surface area contributed by atoms with E-state index in [0.717, 1.165) is 0 Å². The molecule has 8 heteroatoms. The summed E-state index contributed by atoms with van der Waals surface area (Å²) < 4.78 is 37.4. The predicted octanol–water partition coefficient (Wildman–Crippen LogP) is 1.02. The van der Waals surface area contributed by atoms with Gasteiger partial charge in [-0.25, -0.2) is 13.1 Å². The lowest BCUT2D eigenvalue weighted by Crippen LogP contribution is -2.37. The second-order valence-electron chi connectivity index (χ2n) is 4.33. The van der Waals surface area contributed by atoms with E-state index in [0.29, 0.717) is 25.5 Å². The number of rotatable bonds is 9. The van der Waals surface area contributed by atoms with Crippen molar-refractivity contribution in [2.75, 3.05) is 33.9 Å². The Morgan fingerprint density at radius 3 is 2.52 bits per heavy atom. The SMILES string of the molecule is CNC(C)CNS(=O)(=O)c1ccccc1OCCOC.Cl. The van der Waals surface area contributed by atoms with Gasteiger partial charge in [0.25, 0.3) is 0 Å². The van der Waals surface area contributed by atoms with Crippen molar-refractivity contribution < 1.29 is 17.9 Å². The van der Waals surface area contributed by atoms with Crippen LogP contribution in [-0.2, 0) is 14.8 Å². The van der Waals surface area contributed by atoms with Gasteiger partial charge < -0.3 is 14.8 Å². The summed E-state index contributed by atoms with van der Waals surface area (Å²) in [5.41, 5.74) is 0. The van der Waals surface area contributed by atoms with Crippen molar-refractivity contribution in [3.05, 3.63) is 24.3 Å². The lowest BCUT2D eigenvalue weighted by molar-refractivity contribution is 0.144. The van der Waals surface area contributed by atoms with Crippen LogP contribution in [-0.4, -0.2) is 48.4 Å². The maximum Gasteiger partial charge on any atom is 0.244 e. The smallest absolute Gasteiger partial charge is 0.244 e. The second-order valence-corrected chi connectivity index (χ2v) is 6.06. The van der Waals surface area contributed by atoms with Crippen molar-refractivity contribution in [3.63, 3.8) is 0 Å².